The molecule has 1 aromatic carbocycles. The van der Waals surface area contributed by atoms with Crippen molar-refractivity contribution < 1.29 is 9.84 Å². The summed E-state index contributed by atoms with van der Waals surface area (Å²) in [6, 6.07) is 6.44. The Kier molecular flexibility index (Phi) is 3.15. The van der Waals surface area contributed by atoms with Crippen molar-refractivity contribution in [1.29, 1.82) is 0 Å². The summed E-state index contributed by atoms with van der Waals surface area (Å²) in [5.41, 5.74) is 3.11. The number of rotatable bonds is 1. The molecule has 0 saturated heterocycles. The smallest absolute Gasteiger partial charge is 0.131 e. The summed E-state index contributed by atoms with van der Waals surface area (Å²) in [5, 5.41) is 10.9. The molecule has 0 radical (unpaired) electrons. The number of hydrogen-bond acceptors (Lipinski definition) is 2. The van der Waals surface area contributed by atoms with E-state index in [0.717, 1.165) is 37.9 Å². The maximum atomic E-state index is 10.9. The zero-order valence-electron chi connectivity index (χ0n) is 13.9. The first-order valence-corrected chi connectivity index (χ1v) is 8.60. The van der Waals surface area contributed by atoms with E-state index in [9.17, 15) is 5.11 Å². The lowest BCUT2D eigenvalue weighted by Gasteiger charge is -2.48. The predicted octanol–water partition coefficient (Wildman–Crippen LogP) is 3.83. The highest BCUT2D eigenvalue weighted by Gasteiger charge is 2.59. The normalized spacial score (nSPS) is 37.9. The van der Waals surface area contributed by atoms with E-state index in [-0.39, 0.29) is 5.41 Å². The molecule has 3 aliphatic carbocycles. The number of aryl methyl sites for hydroxylation is 1. The zero-order chi connectivity index (χ0) is 16.2. The van der Waals surface area contributed by atoms with Gasteiger partial charge < -0.3 is 9.84 Å². The summed E-state index contributed by atoms with van der Waals surface area (Å²) in [5.74, 6) is 4.67. The first-order valence-electron chi connectivity index (χ1n) is 8.60. The Labute approximate surface area is 138 Å². The Morgan fingerprint density at radius 1 is 1.35 bits per heavy atom. The van der Waals surface area contributed by atoms with Gasteiger partial charge in [-0.05, 0) is 72.8 Å². The number of benzene rings is 1. The minimum absolute atomic E-state index is 0.181. The van der Waals surface area contributed by atoms with Crippen LogP contribution in [0.15, 0.2) is 24.3 Å². The third-order valence-electron chi connectivity index (χ3n) is 6.80. The molecule has 1 saturated carbocycles. The maximum Gasteiger partial charge on any atom is 0.131 e. The Balaban J connectivity index is 1.77. The predicted molar refractivity (Wildman–Crippen MR) is 92.0 cm³/mol. The molecule has 3 aliphatic rings. The molecule has 0 bridgehead atoms. The van der Waals surface area contributed by atoms with Gasteiger partial charge in [0.15, 0.2) is 0 Å². The highest BCUT2D eigenvalue weighted by Crippen LogP contribution is 2.62. The fourth-order valence-corrected chi connectivity index (χ4v) is 5.33. The van der Waals surface area contributed by atoms with E-state index < -0.39 is 5.60 Å². The molecule has 120 valence electrons. The highest BCUT2D eigenvalue weighted by molar-refractivity contribution is 5.74. The van der Waals surface area contributed by atoms with Crippen LogP contribution in [0.4, 0.5) is 0 Å². The summed E-state index contributed by atoms with van der Waals surface area (Å²) in [7, 11) is 1.72. The Morgan fingerprint density at radius 3 is 2.91 bits per heavy atom. The second-order valence-corrected chi connectivity index (χ2v) is 7.60. The van der Waals surface area contributed by atoms with Crippen LogP contribution >= 0.6 is 0 Å². The molecule has 0 spiro atoms. The number of allylic oxidation sites excluding steroid dienone is 2. The van der Waals surface area contributed by atoms with E-state index in [1.54, 1.807) is 7.11 Å². The van der Waals surface area contributed by atoms with Crippen LogP contribution in [-0.4, -0.2) is 17.8 Å². The van der Waals surface area contributed by atoms with Gasteiger partial charge in [-0.3, -0.25) is 0 Å². The fourth-order valence-electron chi connectivity index (χ4n) is 5.33. The standard InChI is InChI=1S/C21H24O2/c1-4-21(22)12-10-19-18-7-5-14-13-15(23-3)6-8-16(14)17(18)9-11-20(19,21)2/h1,6,8-9,13,18-19,22H,5,7,10-12H2,2-3H3. The van der Waals surface area contributed by atoms with Crippen molar-refractivity contribution in [3.05, 3.63) is 35.4 Å². The van der Waals surface area contributed by atoms with Crippen LogP contribution in [-0.2, 0) is 6.42 Å². The van der Waals surface area contributed by atoms with Gasteiger partial charge in [0, 0.05) is 5.41 Å². The summed E-state index contributed by atoms with van der Waals surface area (Å²) < 4.78 is 5.37. The second-order valence-electron chi connectivity index (χ2n) is 7.60. The Morgan fingerprint density at radius 2 is 2.17 bits per heavy atom. The van der Waals surface area contributed by atoms with Crippen LogP contribution in [0.25, 0.3) is 5.57 Å². The number of terminal acetylenes is 1. The highest BCUT2D eigenvalue weighted by atomic mass is 16.5. The Bertz CT molecular complexity index is 726. The molecule has 1 N–H and O–H groups in total. The molecule has 1 fully saturated rings. The second kappa shape index (κ2) is 4.89. The van der Waals surface area contributed by atoms with E-state index in [0.29, 0.717) is 11.8 Å². The summed E-state index contributed by atoms with van der Waals surface area (Å²) >= 11 is 0. The number of hydrogen-bond donors (Lipinski definition) is 1. The van der Waals surface area contributed by atoms with Gasteiger partial charge in [-0.15, -0.1) is 6.42 Å². The van der Waals surface area contributed by atoms with Gasteiger partial charge in [0.05, 0.1) is 7.11 Å². The fraction of sp³-hybridized carbons (Fsp3) is 0.524. The van der Waals surface area contributed by atoms with Crippen molar-refractivity contribution >= 4 is 5.57 Å². The van der Waals surface area contributed by atoms with E-state index in [1.807, 2.05) is 0 Å². The molecular weight excluding hydrogens is 284 g/mol. The minimum atomic E-state index is -0.945. The lowest BCUT2D eigenvalue weighted by atomic mass is 9.57. The first kappa shape index (κ1) is 14.8. The molecule has 2 nitrogen and oxygen atoms in total. The van der Waals surface area contributed by atoms with Crippen LogP contribution in [0.1, 0.15) is 43.7 Å². The molecule has 2 heteroatoms. The van der Waals surface area contributed by atoms with Gasteiger partial charge >= 0.3 is 0 Å². The van der Waals surface area contributed by atoms with E-state index in [4.69, 9.17) is 11.2 Å². The molecule has 1 aromatic rings. The lowest BCUT2D eigenvalue weighted by Crippen LogP contribution is -2.47. The van der Waals surface area contributed by atoms with Gasteiger partial charge in [0.1, 0.15) is 11.4 Å². The van der Waals surface area contributed by atoms with Crippen molar-refractivity contribution in [2.75, 3.05) is 7.11 Å². The number of methoxy groups -OCH3 is 1. The zero-order valence-corrected chi connectivity index (χ0v) is 13.9. The average Bonchev–Trinajstić information content (AvgIpc) is 2.86. The number of ether oxygens (including phenoxy) is 1. The number of fused-ring (bicyclic) bond motifs is 5. The Hall–Kier alpha value is -1.72. The van der Waals surface area contributed by atoms with Crippen molar-refractivity contribution in [3.8, 4) is 18.1 Å². The van der Waals surface area contributed by atoms with Crippen molar-refractivity contribution in [2.45, 2.75) is 44.6 Å². The molecule has 0 amide bonds. The van der Waals surface area contributed by atoms with Gasteiger partial charge in [-0.25, -0.2) is 0 Å². The molecule has 4 unspecified atom stereocenters. The van der Waals surface area contributed by atoms with Gasteiger partial charge in [-0.1, -0.05) is 25.0 Å². The van der Waals surface area contributed by atoms with Crippen molar-refractivity contribution in [2.24, 2.45) is 17.3 Å². The molecule has 0 heterocycles. The van der Waals surface area contributed by atoms with Crippen LogP contribution < -0.4 is 4.74 Å². The first-order chi connectivity index (χ1) is 11.0. The van der Waals surface area contributed by atoms with Crippen molar-refractivity contribution in [3.63, 3.8) is 0 Å². The molecule has 4 rings (SSSR count). The van der Waals surface area contributed by atoms with Crippen LogP contribution in [0.5, 0.6) is 5.75 Å². The van der Waals surface area contributed by atoms with Crippen LogP contribution in [0.2, 0.25) is 0 Å². The molecular formula is C21H24O2. The molecule has 0 aliphatic heterocycles. The van der Waals surface area contributed by atoms with Gasteiger partial charge in [0.2, 0.25) is 0 Å². The largest absolute Gasteiger partial charge is 0.497 e. The molecule has 0 aromatic heterocycles. The van der Waals surface area contributed by atoms with Crippen LogP contribution in [0, 0.1) is 29.6 Å². The van der Waals surface area contributed by atoms with Gasteiger partial charge in [0.25, 0.3) is 0 Å². The molecule has 23 heavy (non-hydrogen) atoms. The third kappa shape index (κ3) is 1.86. The van der Waals surface area contributed by atoms with E-state index >= 15 is 0 Å². The van der Waals surface area contributed by atoms with E-state index in [1.165, 1.54) is 16.7 Å². The summed E-state index contributed by atoms with van der Waals surface area (Å²) in [6.45, 7) is 2.20. The lowest BCUT2D eigenvalue weighted by molar-refractivity contribution is -0.0299. The number of aliphatic hydroxyl groups is 1. The van der Waals surface area contributed by atoms with Crippen LogP contribution in [0.3, 0.4) is 0 Å². The third-order valence-corrected chi connectivity index (χ3v) is 6.80. The van der Waals surface area contributed by atoms with E-state index in [2.05, 4.69) is 37.1 Å². The van der Waals surface area contributed by atoms with Gasteiger partial charge in [-0.2, -0.15) is 0 Å². The quantitative estimate of drug-likeness (QED) is 0.799. The molecule has 4 atom stereocenters. The monoisotopic (exact) mass is 308 g/mol. The van der Waals surface area contributed by atoms with Crippen molar-refractivity contribution in [1.82, 2.24) is 0 Å². The summed E-state index contributed by atoms with van der Waals surface area (Å²) in [4.78, 5) is 0. The topological polar surface area (TPSA) is 29.5 Å². The average molecular weight is 308 g/mol. The summed E-state index contributed by atoms with van der Waals surface area (Å²) in [6.07, 6.45) is 12.9. The minimum Gasteiger partial charge on any atom is -0.497 e. The SMILES string of the molecule is C#CC1(O)CCC2C3CCc4cc(OC)ccc4C3=CCC21C. The maximum absolute atomic E-state index is 10.9.